The van der Waals surface area contributed by atoms with Gasteiger partial charge in [-0.2, -0.15) is 0 Å². The fourth-order valence-corrected chi connectivity index (χ4v) is 3.51. The van der Waals surface area contributed by atoms with E-state index in [9.17, 15) is 4.79 Å². The number of imidazole rings is 1. The van der Waals surface area contributed by atoms with Crippen molar-refractivity contribution in [3.63, 3.8) is 0 Å². The lowest BCUT2D eigenvalue weighted by Gasteiger charge is -2.36. The topological polar surface area (TPSA) is 63.1 Å². The van der Waals surface area contributed by atoms with E-state index in [1.807, 2.05) is 53.0 Å². The van der Waals surface area contributed by atoms with Gasteiger partial charge in [-0.1, -0.05) is 24.3 Å². The monoisotopic (exact) mass is 407 g/mol. The first-order valence-corrected chi connectivity index (χ1v) is 8.54. The number of halogens is 2. The maximum absolute atomic E-state index is 13.1. The number of carbonyl (C=O) groups excluding carboxylic acids is 1. The fraction of sp³-hybridized carbons (Fsp3) is 0.316. The standard InChI is InChI=1S/C19H21N5O.2ClH/c1-23-10-9-22-19(23)16-13-20-8-11-24(16)17(25)12-15-5-2-4-14-6-3-7-21-18(14)15;;/h2-7,9-10,16,20H,8,11-13H2,1H3;2*1H. The lowest BCUT2D eigenvalue weighted by Crippen LogP contribution is -2.49. The van der Waals surface area contributed by atoms with E-state index in [0.29, 0.717) is 13.0 Å². The van der Waals surface area contributed by atoms with Crippen molar-refractivity contribution in [2.75, 3.05) is 19.6 Å². The van der Waals surface area contributed by atoms with Crippen LogP contribution in [0.3, 0.4) is 0 Å². The van der Waals surface area contributed by atoms with E-state index in [-0.39, 0.29) is 36.8 Å². The highest BCUT2D eigenvalue weighted by atomic mass is 35.5. The van der Waals surface area contributed by atoms with Gasteiger partial charge >= 0.3 is 0 Å². The molecule has 0 aliphatic carbocycles. The van der Waals surface area contributed by atoms with Crippen LogP contribution in [0.5, 0.6) is 0 Å². The van der Waals surface area contributed by atoms with Crippen LogP contribution in [0.4, 0.5) is 0 Å². The molecule has 3 aromatic rings. The lowest BCUT2D eigenvalue weighted by atomic mass is 10.0. The Balaban J connectivity index is 0.00000131. The fourth-order valence-electron chi connectivity index (χ4n) is 3.51. The Morgan fingerprint density at radius 2 is 2.00 bits per heavy atom. The summed E-state index contributed by atoms with van der Waals surface area (Å²) in [5.74, 6) is 1.03. The van der Waals surface area contributed by atoms with Crippen LogP contribution < -0.4 is 5.32 Å². The molecule has 6 nitrogen and oxygen atoms in total. The minimum atomic E-state index is -0.0378. The number of aromatic nitrogens is 3. The Morgan fingerprint density at radius 1 is 1.19 bits per heavy atom. The maximum Gasteiger partial charge on any atom is 0.227 e. The summed E-state index contributed by atoms with van der Waals surface area (Å²) in [6, 6.07) is 9.91. The third kappa shape index (κ3) is 4.24. The second-order valence-electron chi connectivity index (χ2n) is 6.37. The zero-order valence-corrected chi connectivity index (χ0v) is 16.7. The van der Waals surface area contributed by atoms with Gasteiger partial charge in [0.1, 0.15) is 11.9 Å². The smallest absolute Gasteiger partial charge is 0.227 e. The molecule has 1 aliphatic rings. The Bertz CT molecular complexity index is 909. The Kier molecular flexibility index (Phi) is 7.18. The summed E-state index contributed by atoms with van der Waals surface area (Å²) in [4.78, 5) is 23.9. The molecule has 1 fully saturated rings. The highest BCUT2D eigenvalue weighted by molar-refractivity contribution is 5.87. The summed E-state index contributed by atoms with van der Waals surface area (Å²) in [6.45, 7) is 2.22. The zero-order chi connectivity index (χ0) is 17.2. The van der Waals surface area contributed by atoms with Gasteiger partial charge in [0.25, 0.3) is 0 Å². The van der Waals surface area contributed by atoms with Gasteiger partial charge in [0.05, 0.1) is 11.9 Å². The molecule has 27 heavy (non-hydrogen) atoms. The summed E-state index contributed by atoms with van der Waals surface area (Å²) in [6.07, 6.45) is 5.83. The molecule has 2 aromatic heterocycles. The van der Waals surface area contributed by atoms with Gasteiger partial charge in [0.2, 0.25) is 5.91 Å². The summed E-state index contributed by atoms with van der Waals surface area (Å²) < 4.78 is 1.98. The molecule has 0 saturated carbocycles. The molecule has 8 heteroatoms. The number of para-hydroxylation sites is 1. The van der Waals surface area contributed by atoms with Crippen LogP contribution in [-0.4, -0.2) is 45.0 Å². The molecule has 1 N–H and O–H groups in total. The lowest BCUT2D eigenvalue weighted by molar-refractivity contribution is -0.134. The molecule has 0 bridgehead atoms. The van der Waals surface area contributed by atoms with Gasteiger partial charge < -0.3 is 14.8 Å². The summed E-state index contributed by atoms with van der Waals surface area (Å²) in [5, 5.41) is 4.43. The van der Waals surface area contributed by atoms with Gasteiger partial charge in [-0.3, -0.25) is 9.78 Å². The molecule has 144 valence electrons. The van der Waals surface area contributed by atoms with E-state index in [1.165, 1.54) is 0 Å². The van der Waals surface area contributed by atoms with Crippen LogP contribution in [0.25, 0.3) is 10.9 Å². The third-order valence-electron chi connectivity index (χ3n) is 4.78. The first-order chi connectivity index (χ1) is 12.2. The number of hydrogen-bond acceptors (Lipinski definition) is 4. The van der Waals surface area contributed by atoms with E-state index in [2.05, 4.69) is 15.3 Å². The maximum atomic E-state index is 13.1. The number of hydrogen-bond donors (Lipinski definition) is 1. The Hall–Kier alpha value is -2.15. The predicted molar refractivity (Wildman–Crippen MR) is 110 cm³/mol. The molecular weight excluding hydrogens is 385 g/mol. The van der Waals surface area contributed by atoms with E-state index < -0.39 is 0 Å². The molecule has 1 saturated heterocycles. The predicted octanol–water partition coefficient (Wildman–Crippen LogP) is 2.53. The number of fused-ring (bicyclic) bond motifs is 1. The molecule has 3 heterocycles. The van der Waals surface area contributed by atoms with Crippen molar-refractivity contribution in [1.82, 2.24) is 24.8 Å². The highest BCUT2D eigenvalue weighted by Gasteiger charge is 2.30. The molecular formula is C19H23Cl2N5O. The number of carbonyl (C=O) groups is 1. The average Bonchev–Trinajstić information content (AvgIpc) is 3.08. The van der Waals surface area contributed by atoms with Crippen LogP contribution in [0, 0.1) is 0 Å². The van der Waals surface area contributed by atoms with Gasteiger partial charge in [-0.25, -0.2) is 4.98 Å². The minimum Gasteiger partial charge on any atom is -0.336 e. The zero-order valence-electron chi connectivity index (χ0n) is 15.0. The van der Waals surface area contributed by atoms with Crippen molar-refractivity contribution < 1.29 is 4.79 Å². The summed E-state index contributed by atoms with van der Waals surface area (Å²) in [5.41, 5.74) is 1.88. The van der Waals surface area contributed by atoms with Gasteiger partial charge in [0, 0.05) is 50.7 Å². The summed E-state index contributed by atoms with van der Waals surface area (Å²) >= 11 is 0. The number of benzene rings is 1. The van der Waals surface area contributed by atoms with Crippen LogP contribution in [-0.2, 0) is 18.3 Å². The number of nitrogens with one attached hydrogen (secondary N) is 1. The van der Waals surface area contributed by atoms with Crippen molar-refractivity contribution in [3.05, 3.63) is 60.3 Å². The second-order valence-corrected chi connectivity index (χ2v) is 6.37. The Labute approximate surface area is 170 Å². The van der Waals surface area contributed by atoms with E-state index in [1.54, 1.807) is 12.4 Å². The molecule has 0 radical (unpaired) electrons. The Morgan fingerprint density at radius 3 is 2.78 bits per heavy atom. The van der Waals surface area contributed by atoms with Crippen molar-refractivity contribution in [1.29, 1.82) is 0 Å². The van der Waals surface area contributed by atoms with Crippen LogP contribution >= 0.6 is 24.8 Å². The van der Waals surface area contributed by atoms with Crippen molar-refractivity contribution in [3.8, 4) is 0 Å². The highest BCUT2D eigenvalue weighted by Crippen LogP contribution is 2.23. The SMILES string of the molecule is Cl.Cl.Cn1ccnc1C1CNCCN1C(=O)Cc1cccc2cccnc12. The van der Waals surface area contributed by atoms with E-state index in [0.717, 1.165) is 35.4 Å². The van der Waals surface area contributed by atoms with Crippen LogP contribution in [0.2, 0.25) is 0 Å². The van der Waals surface area contributed by atoms with Crippen molar-refractivity contribution in [2.24, 2.45) is 7.05 Å². The normalized spacial score (nSPS) is 16.5. The first kappa shape index (κ1) is 21.2. The number of pyridine rings is 1. The molecule has 1 atom stereocenters. The van der Waals surface area contributed by atoms with Crippen LogP contribution in [0.1, 0.15) is 17.4 Å². The summed E-state index contributed by atoms with van der Waals surface area (Å²) in [7, 11) is 1.97. The quantitative estimate of drug-likeness (QED) is 0.724. The first-order valence-electron chi connectivity index (χ1n) is 8.54. The molecule has 1 aromatic carbocycles. The largest absolute Gasteiger partial charge is 0.336 e. The van der Waals surface area contributed by atoms with Gasteiger partial charge in [-0.15, -0.1) is 24.8 Å². The van der Waals surface area contributed by atoms with Crippen molar-refractivity contribution in [2.45, 2.75) is 12.5 Å². The number of piperazine rings is 1. The van der Waals surface area contributed by atoms with E-state index >= 15 is 0 Å². The second kappa shape index (κ2) is 9.17. The number of aryl methyl sites for hydroxylation is 1. The number of amides is 1. The molecule has 1 amide bonds. The van der Waals surface area contributed by atoms with Crippen molar-refractivity contribution >= 4 is 41.6 Å². The van der Waals surface area contributed by atoms with Crippen LogP contribution in [0.15, 0.2) is 48.9 Å². The molecule has 0 spiro atoms. The molecule has 1 aliphatic heterocycles. The third-order valence-corrected chi connectivity index (χ3v) is 4.78. The van der Waals surface area contributed by atoms with Gasteiger partial charge in [-0.05, 0) is 11.6 Å². The van der Waals surface area contributed by atoms with E-state index in [4.69, 9.17) is 0 Å². The number of nitrogens with zero attached hydrogens (tertiary/aromatic N) is 4. The van der Waals surface area contributed by atoms with Gasteiger partial charge in [0.15, 0.2) is 0 Å². The number of rotatable bonds is 3. The molecule has 1 unspecified atom stereocenters. The molecule has 4 rings (SSSR count). The minimum absolute atomic E-state index is 0. The average molecular weight is 408 g/mol.